The fourth-order valence-electron chi connectivity index (χ4n) is 3.25. The summed E-state index contributed by atoms with van der Waals surface area (Å²) < 4.78 is 14.9. The molecule has 2 aromatic heterocycles. The maximum absolute atomic E-state index is 13.2. The van der Waals surface area contributed by atoms with Crippen molar-refractivity contribution >= 4 is 16.8 Å². The van der Waals surface area contributed by atoms with Crippen molar-refractivity contribution in [2.45, 2.75) is 46.6 Å². The van der Waals surface area contributed by atoms with E-state index in [0.717, 1.165) is 18.4 Å². The van der Waals surface area contributed by atoms with Crippen molar-refractivity contribution in [1.29, 1.82) is 0 Å². The summed E-state index contributed by atoms with van der Waals surface area (Å²) in [7, 11) is 0. The molecule has 0 spiro atoms. The van der Waals surface area contributed by atoms with E-state index in [0.29, 0.717) is 28.1 Å². The number of pyridine rings is 1. The summed E-state index contributed by atoms with van der Waals surface area (Å²) in [5.74, 6) is 0.0919. The van der Waals surface area contributed by atoms with Gasteiger partial charge in [-0.1, -0.05) is 32.4 Å². The minimum Gasteiger partial charge on any atom is -0.346 e. The molecule has 0 radical (unpaired) electrons. The van der Waals surface area contributed by atoms with E-state index in [1.54, 1.807) is 35.4 Å². The number of benzene rings is 1. The first-order valence-electron chi connectivity index (χ1n) is 9.95. The maximum Gasteiger partial charge on any atom is 0.254 e. The number of hydrogen-bond donors (Lipinski definition) is 1. The number of nitrogens with one attached hydrogen (secondary N) is 1. The van der Waals surface area contributed by atoms with Gasteiger partial charge in [0.1, 0.15) is 5.82 Å². The van der Waals surface area contributed by atoms with Crippen LogP contribution in [0.3, 0.4) is 0 Å². The van der Waals surface area contributed by atoms with Crippen LogP contribution in [-0.2, 0) is 0 Å². The van der Waals surface area contributed by atoms with Gasteiger partial charge in [0.2, 0.25) is 0 Å². The Bertz CT molecular complexity index is 1020. The summed E-state index contributed by atoms with van der Waals surface area (Å²) in [6, 6.07) is 6.02. The molecule has 1 amide bonds. The van der Waals surface area contributed by atoms with Gasteiger partial charge in [0, 0.05) is 17.6 Å². The zero-order valence-electron chi connectivity index (χ0n) is 17.3. The van der Waals surface area contributed by atoms with Crippen LogP contribution in [0.5, 0.6) is 0 Å². The average molecular weight is 394 g/mol. The number of hydrogen-bond acceptors (Lipinski definition) is 3. The number of halogens is 1. The minimum atomic E-state index is -0.310. The molecule has 1 unspecified atom stereocenters. The molecule has 0 aliphatic rings. The monoisotopic (exact) mass is 394 g/mol. The molecule has 29 heavy (non-hydrogen) atoms. The number of carbonyl (C=O) groups is 1. The predicted octanol–water partition coefficient (Wildman–Crippen LogP) is 5.06. The Hall–Kier alpha value is -3.02. The third-order valence-electron chi connectivity index (χ3n) is 4.99. The SMILES string of the molecule is CCC(NC(=O)c1cncc2c1cnn2-c1ccc(F)cc1)C(C)=CCC(C)C. The molecule has 0 aliphatic carbocycles. The van der Waals surface area contributed by atoms with Gasteiger partial charge in [-0.25, -0.2) is 9.07 Å². The molecule has 3 rings (SSSR count). The Morgan fingerprint density at radius 3 is 2.59 bits per heavy atom. The molecule has 2 heterocycles. The van der Waals surface area contributed by atoms with Gasteiger partial charge in [-0.15, -0.1) is 0 Å². The van der Waals surface area contributed by atoms with E-state index in [4.69, 9.17) is 0 Å². The van der Waals surface area contributed by atoms with Crippen molar-refractivity contribution < 1.29 is 9.18 Å². The van der Waals surface area contributed by atoms with Crippen molar-refractivity contribution in [3.8, 4) is 5.69 Å². The number of aromatic nitrogens is 3. The zero-order chi connectivity index (χ0) is 21.0. The number of allylic oxidation sites excluding steroid dienone is 1. The largest absolute Gasteiger partial charge is 0.346 e. The highest BCUT2D eigenvalue weighted by atomic mass is 19.1. The lowest BCUT2D eigenvalue weighted by Gasteiger charge is -2.18. The minimum absolute atomic E-state index is 0.0244. The van der Waals surface area contributed by atoms with Gasteiger partial charge in [-0.3, -0.25) is 9.78 Å². The number of carbonyl (C=O) groups excluding carboxylic acids is 1. The van der Waals surface area contributed by atoms with Crippen LogP contribution >= 0.6 is 0 Å². The van der Waals surface area contributed by atoms with E-state index in [1.165, 1.54) is 12.1 Å². The first-order valence-corrected chi connectivity index (χ1v) is 9.95. The number of nitrogens with zero attached hydrogens (tertiary/aromatic N) is 3. The van der Waals surface area contributed by atoms with Crippen LogP contribution in [0.2, 0.25) is 0 Å². The summed E-state index contributed by atoms with van der Waals surface area (Å²) >= 11 is 0. The van der Waals surface area contributed by atoms with E-state index in [9.17, 15) is 9.18 Å². The molecule has 3 aromatic rings. The van der Waals surface area contributed by atoms with E-state index in [-0.39, 0.29) is 17.8 Å². The highest BCUT2D eigenvalue weighted by Gasteiger charge is 2.18. The summed E-state index contributed by atoms with van der Waals surface area (Å²) in [6.45, 7) is 8.47. The molecule has 0 aliphatic heterocycles. The van der Waals surface area contributed by atoms with Gasteiger partial charge in [-0.05, 0) is 49.9 Å². The molecular weight excluding hydrogens is 367 g/mol. The molecule has 0 saturated heterocycles. The lowest BCUT2D eigenvalue weighted by molar-refractivity contribution is 0.0943. The normalized spacial score (nSPS) is 13.1. The summed E-state index contributed by atoms with van der Waals surface area (Å²) in [5.41, 5.74) is 3.05. The van der Waals surface area contributed by atoms with Gasteiger partial charge in [-0.2, -0.15) is 5.10 Å². The van der Waals surface area contributed by atoms with Crippen molar-refractivity contribution in [1.82, 2.24) is 20.1 Å². The molecule has 152 valence electrons. The smallest absolute Gasteiger partial charge is 0.254 e. The molecule has 0 bridgehead atoms. The first-order chi connectivity index (χ1) is 13.9. The third-order valence-corrected chi connectivity index (χ3v) is 4.99. The Labute approximate surface area is 170 Å². The second-order valence-electron chi connectivity index (χ2n) is 7.66. The maximum atomic E-state index is 13.2. The molecular formula is C23H27FN4O. The second kappa shape index (κ2) is 8.99. The van der Waals surface area contributed by atoms with Crippen molar-refractivity contribution in [2.24, 2.45) is 5.92 Å². The second-order valence-corrected chi connectivity index (χ2v) is 7.66. The topological polar surface area (TPSA) is 59.8 Å². The lowest BCUT2D eigenvalue weighted by Crippen LogP contribution is -2.35. The molecule has 6 heteroatoms. The highest BCUT2D eigenvalue weighted by Crippen LogP contribution is 2.21. The summed E-state index contributed by atoms with van der Waals surface area (Å²) in [4.78, 5) is 17.2. The molecule has 0 saturated carbocycles. The lowest BCUT2D eigenvalue weighted by atomic mass is 10.0. The van der Waals surface area contributed by atoms with Crippen molar-refractivity contribution in [2.75, 3.05) is 0 Å². The number of amides is 1. The van der Waals surface area contributed by atoms with Crippen LogP contribution < -0.4 is 5.32 Å². The quantitative estimate of drug-likeness (QED) is 0.570. The van der Waals surface area contributed by atoms with Crippen LogP contribution in [0.4, 0.5) is 4.39 Å². The van der Waals surface area contributed by atoms with Crippen molar-refractivity contribution in [3.05, 3.63) is 65.9 Å². The Balaban J connectivity index is 1.88. The average Bonchev–Trinajstić information content (AvgIpc) is 3.14. The Morgan fingerprint density at radius 1 is 1.21 bits per heavy atom. The molecule has 0 fully saturated rings. The van der Waals surface area contributed by atoms with Gasteiger partial charge >= 0.3 is 0 Å². The molecule has 1 aromatic carbocycles. The first kappa shape index (κ1) is 20.7. The van der Waals surface area contributed by atoms with Crippen molar-refractivity contribution in [3.63, 3.8) is 0 Å². The third kappa shape index (κ3) is 4.70. The Kier molecular flexibility index (Phi) is 6.42. The van der Waals surface area contributed by atoms with E-state index < -0.39 is 0 Å². The van der Waals surface area contributed by atoms with Crippen LogP contribution in [0.25, 0.3) is 16.6 Å². The zero-order valence-corrected chi connectivity index (χ0v) is 17.3. The van der Waals surface area contributed by atoms with Gasteiger partial charge in [0.15, 0.2) is 0 Å². The standard InChI is InChI=1S/C23H27FN4O/c1-5-21(16(4)7-6-15(2)3)27-23(29)20-12-25-14-22-19(20)13-26-28(22)18-10-8-17(24)9-11-18/h7-15,21H,5-6H2,1-4H3,(H,27,29). The molecule has 1 N–H and O–H groups in total. The fourth-order valence-corrected chi connectivity index (χ4v) is 3.25. The van der Waals surface area contributed by atoms with Gasteiger partial charge < -0.3 is 5.32 Å². The summed E-state index contributed by atoms with van der Waals surface area (Å²) in [6.07, 6.45) is 8.87. The number of rotatable bonds is 7. The van der Waals surface area contributed by atoms with E-state index in [2.05, 4.69) is 49.2 Å². The van der Waals surface area contributed by atoms with E-state index >= 15 is 0 Å². The molecule has 5 nitrogen and oxygen atoms in total. The number of fused-ring (bicyclic) bond motifs is 1. The summed E-state index contributed by atoms with van der Waals surface area (Å²) in [5, 5.41) is 8.21. The van der Waals surface area contributed by atoms with Crippen LogP contribution in [0, 0.1) is 11.7 Å². The van der Waals surface area contributed by atoms with Crippen LogP contribution in [-0.4, -0.2) is 26.7 Å². The molecule has 1 atom stereocenters. The van der Waals surface area contributed by atoms with Crippen LogP contribution in [0.15, 0.2) is 54.5 Å². The highest BCUT2D eigenvalue weighted by molar-refractivity contribution is 6.06. The van der Waals surface area contributed by atoms with Crippen LogP contribution in [0.1, 0.15) is 50.9 Å². The predicted molar refractivity (Wildman–Crippen MR) is 114 cm³/mol. The van der Waals surface area contributed by atoms with Gasteiger partial charge in [0.05, 0.1) is 29.2 Å². The fraction of sp³-hybridized carbons (Fsp3) is 0.348. The van der Waals surface area contributed by atoms with Gasteiger partial charge in [0.25, 0.3) is 5.91 Å². The Morgan fingerprint density at radius 2 is 1.93 bits per heavy atom. The van der Waals surface area contributed by atoms with E-state index in [1.807, 2.05) is 0 Å².